The van der Waals surface area contributed by atoms with Gasteiger partial charge in [0, 0.05) is 28.8 Å². The van der Waals surface area contributed by atoms with Crippen LogP contribution in [-0.2, 0) is 11.3 Å². The van der Waals surface area contributed by atoms with Crippen LogP contribution in [0, 0.1) is 12.7 Å². The summed E-state index contributed by atoms with van der Waals surface area (Å²) in [6.45, 7) is 1.76. The molecule has 1 amide bonds. The van der Waals surface area contributed by atoms with Gasteiger partial charge in [0.25, 0.3) is 5.91 Å². The number of carbonyl (C=O) groups excluding carboxylic acids is 1. The zero-order chi connectivity index (χ0) is 21.3. The Morgan fingerprint density at radius 3 is 2.63 bits per heavy atom. The zero-order valence-electron chi connectivity index (χ0n) is 16.8. The van der Waals surface area contributed by atoms with E-state index in [-0.39, 0.29) is 30.2 Å². The highest BCUT2D eigenvalue weighted by Crippen LogP contribution is 2.40. The van der Waals surface area contributed by atoms with Crippen molar-refractivity contribution in [1.29, 1.82) is 0 Å². The molecule has 2 aromatic heterocycles. The molecule has 6 nitrogen and oxygen atoms in total. The molecule has 0 unspecified atom stereocenters. The van der Waals surface area contributed by atoms with Gasteiger partial charge in [0.15, 0.2) is 0 Å². The van der Waals surface area contributed by atoms with Crippen molar-refractivity contribution < 1.29 is 19.1 Å². The Morgan fingerprint density at radius 2 is 1.97 bits per heavy atom. The Balaban J connectivity index is 1.53. The number of rotatable bonds is 5. The first kappa shape index (κ1) is 20.1. The van der Waals surface area contributed by atoms with Crippen molar-refractivity contribution in [3.05, 3.63) is 65.4 Å². The summed E-state index contributed by atoms with van der Waals surface area (Å²) in [6.07, 6.45) is 4.90. The highest BCUT2D eigenvalue weighted by atomic mass is 19.1. The van der Waals surface area contributed by atoms with Gasteiger partial charge in [-0.15, -0.1) is 0 Å². The molecule has 1 fully saturated rings. The predicted molar refractivity (Wildman–Crippen MR) is 111 cm³/mol. The Hall–Kier alpha value is -3.22. The molecule has 30 heavy (non-hydrogen) atoms. The first-order valence-corrected chi connectivity index (χ1v) is 10.2. The van der Waals surface area contributed by atoms with Crippen molar-refractivity contribution in [2.75, 3.05) is 0 Å². The average molecular weight is 409 g/mol. The number of carboxylic acids is 1. The standard InChI is InChI=1S/C23H24FN3O3/c1-14-22(18-12-16(24)7-10-20(18)27(14)13-21(28)29)15-5-8-17(9-6-15)26-23(30)19-4-2-3-11-25-19/h2-4,7,10-12,15,17H,5-6,8-9,13H2,1H3,(H,26,30)(H,28,29). The van der Waals surface area contributed by atoms with Crippen LogP contribution in [0.15, 0.2) is 42.6 Å². The Kier molecular flexibility index (Phi) is 5.53. The SMILES string of the molecule is Cc1c(C2CCC(NC(=O)c3ccccn3)CC2)c2cc(F)ccc2n1CC(=O)O. The molecule has 0 atom stereocenters. The summed E-state index contributed by atoms with van der Waals surface area (Å²) in [5, 5.41) is 13.1. The monoisotopic (exact) mass is 409 g/mol. The molecule has 0 saturated heterocycles. The number of benzene rings is 1. The number of pyridine rings is 1. The van der Waals surface area contributed by atoms with Gasteiger partial charge in [-0.25, -0.2) is 4.39 Å². The van der Waals surface area contributed by atoms with Crippen LogP contribution in [-0.4, -0.2) is 32.6 Å². The molecule has 1 aromatic carbocycles. The van der Waals surface area contributed by atoms with Gasteiger partial charge < -0.3 is 15.0 Å². The average Bonchev–Trinajstić information content (AvgIpc) is 2.99. The van der Waals surface area contributed by atoms with Crippen molar-refractivity contribution in [3.63, 3.8) is 0 Å². The number of aliphatic carboxylic acids is 1. The van der Waals surface area contributed by atoms with Gasteiger partial charge in [0.05, 0.1) is 0 Å². The molecule has 3 aromatic rings. The molecule has 0 spiro atoms. The van der Waals surface area contributed by atoms with E-state index >= 15 is 0 Å². The fourth-order valence-corrected chi connectivity index (χ4v) is 4.62. The second-order valence-electron chi connectivity index (χ2n) is 7.88. The van der Waals surface area contributed by atoms with Crippen LogP contribution in [0.3, 0.4) is 0 Å². The fraction of sp³-hybridized carbons (Fsp3) is 0.348. The van der Waals surface area contributed by atoms with E-state index in [0.717, 1.165) is 47.8 Å². The minimum Gasteiger partial charge on any atom is -0.480 e. The quantitative estimate of drug-likeness (QED) is 0.667. The van der Waals surface area contributed by atoms with Crippen LogP contribution in [0.4, 0.5) is 4.39 Å². The molecule has 0 radical (unpaired) electrons. The third-order valence-electron chi connectivity index (χ3n) is 6.00. The number of carbonyl (C=O) groups is 2. The second kappa shape index (κ2) is 8.26. The Labute approximate surface area is 173 Å². The molecule has 2 N–H and O–H groups in total. The van der Waals surface area contributed by atoms with Crippen LogP contribution in [0.2, 0.25) is 0 Å². The van der Waals surface area contributed by atoms with Gasteiger partial charge in [-0.3, -0.25) is 14.6 Å². The van der Waals surface area contributed by atoms with E-state index in [2.05, 4.69) is 10.3 Å². The van der Waals surface area contributed by atoms with Crippen molar-refractivity contribution in [2.24, 2.45) is 0 Å². The molecular formula is C23H24FN3O3. The summed E-state index contributed by atoms with van der Waals surface area (Å²) in [4.78, 5) is 27.8. The van der Waals surface area contributed by atoms with Crippen LogP contribution in [0.5, 0.6) is 0 Å². The summed E-state index contributed by atoms with van der Waals surface area (Å²) < 4.78 is 15.7. The smallest absolute Gasteiger partial charge is 0.323 e. The zero-order valence-corrected chi connectivity index (χ0v) is 16.8. The molecule has 7 heteroatoms. The van der Waals surface area contributed by atoms with Crippen molar-refractivity contribution in [3.8, 4) is 0 Å². The van der Waals surface area contributed by atoms with Crippen LogP contribution in [0.1, 0.15) is 53.3 Å². The maximum absolute atomic E-state index is 14.0. The number of aromatic nitrogens is 2. The highest BCUT2D eigenvalue weighted by molar-refractivity contribution is 5.92. The van der Waals surface area contributed by atoms with Gasteiger partial charge in [0.2, 0.25) is 0 Å². The Bertz CT molecular complexity index is 1090. The maximum atomic E-state index is 14.0. The van der Waals surface area contributed by atoms with Gasteiger partial charge >= 0.3 is 5.97 Å². The number of hydrogen-bond donors (Lipinski definition) is 2. The van der Waals surface area contributed by atoms with Gasteiger partial charge in [-0.05, 0) is 74.4 Å². The minimum absolute atomic E-state index is 0.0696. The first-order chi connectivity index (χ1) is 14.4. The molecule has 1 aliphatic rings. The molecule has 0 bridgehead atoms. The third-order valence-corrected chi connectivity index (χ3v) is 6.00. The number of halogens is 1. The topological polar surface area (TPSA) is 84.2 Å². The van der Waals surface area contributed by atoms with Crippen molar-refractivity contribution in [2.45, 2.75) is 51.1 Å². The molecule has 4 rings (SSSR count). The van der Waals surface area contributed by atoms with E-state index < -0.39 is 5.97 Å². The lowest BCUT2D eigenvalue weighted by Gasteiger charge is -2.29. The van der Waals surface area contributed by atoms with E-state index in [1.54, 1.807) is 35.0 Å². The summed E-state index contributed by atoms with van der Waals surface area (Å²) in [7, 11) is 0. The van der Waals surface area contributed by atoms with Gasteiger partial charge in [-0.1, -0.05) is 6.07 Å². The lowest BCUT2D eigenvalue weighted by atomic mass is 9.80. The third kappa shape index (κ3) is 3.92. The number of fused-ring (bicyclic) bond motifs is 1. The number of hydrogen-bond acceptors (Lipinski definition) is 3. The molecular weight excluding hydrogens is 385 g/mol. The largest absolute Gasteiger partial charge is 0.480 e. The predicted octanol–water partition coefficient (Wildman–Crippen LogP) is 4.02. The number of nitrogens with zero attached hydrogens (tertiary/aromatic N) is 2. The lowest BCUT2D eigenvalue weighted by molar-refractivity contribution is -0.137. The number of carboxylic acid groups (broad SMARTS) is 1. The lowest BCUT2D eigenvalue weighted by Crippen LogP contribution is -2.37. The number of nitrogens with one attached hydrogen (secondary N) is 1. The summed E-state index contributed by atoms with van der Waals surface area (Å²) in [5.41, 5.74) is 3.05. The normalized spacial score (nSPS) is 19.0. The van der Waals surface area contributed by atoms with Crippen molar-refractivity contribution >= 4 is 22.8 Å². The fourth-order valence-electron chi connectivity index (χ4n) is 4.62. The first-order valence-electron chi connectivity index (χ1n) is 10.2. The van der Waals surface area contributed by atoms with Gasteiger partial charge in [-0.2, -0.15) is 0 Å². The van der Waals surface area contributed by atoms with E-state index in [9.17, 15) is 19.1 Å². The van der Waals surface area contributed by atoms with E-state index in [1.165, 1.54) is 12.1 Å². The molecule has 1 saturated carbocycles. The molecule has 0 aliphatic heterocycles. The Morgan fingerprint density at radius 1 is 1.20 bits per heavy atom. The van der Waals surface area contributed by atoms with Gasteiger partial charge in [0.1, 0.15) is 18.1 Å². The molecule has 1 aliphatic carbocycles. The number of amides is 1. The van der Waals surface area contributed by atoms with Crippen molar-refractivity contribution in [1.82, 2.24) is 14.9 Å². The van der Waals surface area contributed by atoms with E-state index in [4.69, 9.17) is 0 Å². The summed E-state index contributed by atoms with van der Waals surface area (Å²) >= 11 is 0. The van der Waals surface area contributed by atoms with E-state index in [1.807, 2.05) is 6.92 Å². The van der Waals surface area contributed by atoms with Crippen LogP contribution < -0.4 is 5.32 Å². The minimum atomic E-state index is -0.924. The molecule has 156 valence electrons. The summed E-state index contributed by atoms with van der Waals surface area (Å²) in [6, 6.07) is 9.85. The highest BCUT2D eigenvalue weighted by Gasteiger charge is 2.28. The van der Waals surface area contributed by atoms with Crippen LogP contribution >= 0.6 is 0 Å². The van der Waals surface area contributed by atoms with Crippen LogP contribution in [0.25, 0.3) is 10.9 Å². The summed E-state index contributed by atoms with van der Waals surface area (Å²) in [5.74, 6) is -1.22. The second-order valence-corrected chi connectivity index (χ2v) is 7.88. The maximum Gasteiger partial charge on any atom is 0.323 e. The molecule has 2 heterocycles. The van der Waals surface area contributed by atoms with E-state index in [0.29, 0.717) is 5.69 Å².